The van der Waals surface area contributed by atoms with Crippen molar-refractivity contribution in [1.29, 1.82) is 0 Å². The lowest BCUT2D eigenvalue weighted by molar-refractivity contribution is 0.0784. The minimum absolute atomic E-state index is 0.0512. The molecule has 1 aromatic heterocycles. The van der Waals surface area contributed by atoms with E-state index in [1.807, 2.05) is 26.0 Å². The third-order valence-electron chi connectivity index (χ3n) is 3.82. The SMILES string of the molecule is CCOc1ccc(C(=O)N2C(C)=[C]C3=C(Cl)C(OC)=CCC32)s1. The number of fused-ring (bicyclic) bond motifs is 1. The molecule has 2 heterocycles. The summed E-state index contributed by atoms with van der Waals surface area (Å²) in [6.07, 6.45) is 5.80. The number of hydrogen-bond acceptors (Lipinski definition) is 4. The highest BCUT2D eigenvalue weighted by Crippen LogP contribution is 2.39. The second-order valence-corrected chi connectivity index (χ2v) is 6.61. The average Bonchev–Trinajstić information content (AvgIpc) is 3.12. The van der Waals surface area contributed by atoms with Crippen molar-refractivity contribution >= 4 is 28.8 Å². The molecule has 1 aliphatic heterocycles. The number of hydrogen-bond donors (Lipinski definition) is 0. The van der Waals surface area contributed by atoms with Crippen molar-refractivity contribution in [3.8, 4) is 5.06 Å². The van der Waals surface area contributed by atoms with E-state index in [9.17, 15) is 4.79 Å². The highest BCUT2D eigenvalue weighted by Gasteiger charge is 2.37. The zero-order valence-electron chi connectivity index (χ0n) is 13.2. The molecular formula is C17H17ClNO3S. The highest BCUT2D eigenvalue weighted by molar-refractivity contribution is 7.15. The number of rotatable bonds is 4. The summed E-state index contributed by atoms with van der Waals surface area (Å²) in [4.78, 5) is 15.3. The van der Waals surface area contributed by atoms with Gasteiger partial charge in [0.1, 0.15) is 5.76 Å². The van der Waals surface area contributed by atoms with Gasteiger partial charge in [0, 0.05) is 17.3 Å². The van der Waals surface area contributed by atoms with E-state index in [0.717, 1.165) is 16.3 Å². The predicted octanol–water partition coefficient (Wildman–Crippen LogP) is 4.11. The second kappa shape index (κ2) is 6.42. The third kappa shape index (κ3) is 2.79. The summed E-state index contributed by atoms with van der Waals surface area (Å²) >= 11 is 7.72. The molecule has 1 radical (unpaired) electrons. The molecule has 1 aliphatic carbocycles. The van der Waals surface area contributed by atoms with Crippen LogP contribution < -0.4 is 4.74 Å². The Kier molecular flexibility index (Phi) is 4.50. The predicted molar refractivity (Wildman–Crippen MR) is 90.5 cm³/mol. The summed E-state index contributed by atoms with van der Waals surface area (Å²) in [6.45, 7) is 4.38. The molecular weight excluding hydrogens is 334 g/mol. The Bertz CT molecular complexity index is 732. The number of methoxy groups -OCH3 is 1. The van der Waals surface area contributed by atoms with Gasteiger partial charge in [0.25, 0.3) is 5.91 Å². The van der Waals surface area contributed by atoms with Crippen molar-refractivity contribution in [3.05, 3.63) is 51.2 Å². The molecule has 1 unspecified atom stereocenters. The zero-order chi connectivity index (χ0) is 16.6. The molecule has 0 spiro atoms. The van der Waals surface area contributed by atoms with Gasteiger partial charge in [0.05, 0.1) is 29.7 Å². The van der Waals surface area contributed by atoms with Crippen molar-refractivity contribution < 1.29 is 14.3 Å². The van der Waals surface area contributed by atoms with Crippen molar-refractivity contribution in [2.45, 2.75) is 26.3 Å². The fourth-order valence-corrected chi connectivity index (χ4v) is 3.99. The fourth-order valence-electron chi connectivity index (χ4n) is 2.81. The van der Waals surface area contributed by atoms with E-state index in [1.54, 1.807) is 18.1 Å². The van der Waals surface area contributed by atoms with E-state index in [4.69, 9.17) is 21.1 Å². The van der Waals surface area contributed by atoms with Crippen LogP contribution in [0.5, 0.6) is 5.06 Å². The van der Waals surface area contributed by atoms with Gasteiger partial charge in [0.2, 0.25) is 0 Å². The number of carbonyl (C=O) groups is 1. The van der Waals surface area contributed by atoms with Crippen molar-refractivity contribution in [2.75, 3.05) is 13.7 Å². The van der Waals surface area contributed by atoms with E-state index in [-0.39, 0.29) is 11.9 Å². The van der Waals surface area contributed by atoms with Gasteiger partial charge in [-0.25, -0.2) is 0 Å². The van der Waals surface area contributed by atoms with Crippen molar-refractivity contribution in [2.24, 2.45) is 0 Å². The van der Waals surface area contributed by atoms with Gasteiger partial charge in [-0.2, -0.15) is 0 Å². The molecule has 0 fully saturated rings. The van der Waals surface area contributed by atoms with Crippen LogP contribution in [0.4, 0.5) is 0 Å². The van der Waals surface area contributed by atoms with E-state index in [1.165, 1.54) is 11.3 Å². The summed E-state index contributed by atoms with van der Waals surface area (Å²) < 4.78 is 10.7. The van der Waals surface area contributed by atoms with Gasteiger partial charge >= 0.3 is 0 Å². The van der Waals surface area contributed by atoms with Gasteiger partial charge in [-0.05, 0) is 38.5 Å². The summed E-state index contributed by atoms with van der Waals surface area (Å²) in [6, 6.07) is 3.51. The maximum atomic E-state index is 12.9. The number of ether oxygens (including phenoxy) is 2. The first-order valence-electron chi connectivity index (χ1n) is 7.37. The molecule has 0 saturated heterocycles. The fraction of sp³-hybridized carbons (Fsp3) is 0.353. The Labute approximate surface area is 144 Å². The van der Waals surface area contributed by atoms with E-state index in [0.29, 0.717) is 28.7 Å². The van der Waals surface area contributed by atoms with Crippen LogP contribution >= 0.6 is 22.9 Å². The molecule has 3 rings (SSSR count). The van der Waals surface area contributed by atoms with Gasteiger partial charge in [0.15, 0.2) is 5.06 Å². The molecule has 1 atom stereocenters. The number of carbonyl (C=O) groups excluding carboxylic acids is 1. The summed E-state index contributed by atoms with van der Waals surface area (Å²) in [7, 11) is 1.59. The Morgan fingerprint density at radius 3 is 3.00 bits per heavy atom. The molecule has 0 N–H and O–H groups in total. The monoisotopic (exact) mass is 350 g/mol. The lowest BCUT2D eigenvalue weighted by Crippen LogP contribution is -2.36. The lowest BCUT2D eigenvalue weighted by Gasteiger charge is -2.28. The highest BCUT2D eigenvalue weighted by atomic mass is 35.5. The summed E-state index contributed by atoms with van der Waals surface area (Å²) in [5.41, 5.74) is 1.59. The Hall–Kier alpha value is -1.72. The van der Waals surface area contributed by atoms with Crippen LogP contribution in [0.2, 0.25) is 0 Å². The third-order valence-corrected chi connectivity index (χ3v) is 5.19. The molecule has 23 heavy (non-hydrogen) atoms. The average molecular weight is 351 g/mol. The standard InChI is InChI=1S/C17H17ClNO3S/c1-4-22-15-8-7-14(23-15)17(20)19-10(2)9-11-12(19)5-6-13(21-3)16(11)18/h6-8,12H,4-5H2,1-3H3. The summed E-state index contributed by atoms with van der Waals surface area (Å²) in [5.74, 6) is 0.590. The van der Waals surface area contributed by atoms with Crippen LogP contribution in [0.3, 0.4) is 0 Å². The maximum Gasteiger partial charge on any atom is 0.268 e. The minimum Gasteiger partial charge on any atom is -0.496 e. The molecule has 2 aliphatic rings. The normalized spacial score (nSPS) is 20.2. The van der Waals surface area contributed by atoms with Crippen LogP contribution in [0.25, 0.3) is 0 Å². The first kappa shape index (κ1) is 16.1. The number of thiophene rings is 1. The molecule has 4 nitrogen and oxygen atoms in total. The molecule has 6 heteroatoms. The van der Waals surface area contributed by atoms with E-state index >= 15 is 0 Å². The lowest BCUT2D eigenvalue weighted by atomic mass is 9.99. The van der Waals surface area contributed by atoms with Gasteiger partial charge in [-0.1, -0.05) is 22.9 Å². The molecule has 1 aromatic rings. The Morgan fingerprint density at radius 2 is 2.30 bits per heavy atom. The van der Waals surface area contributed by atoms with Gasteiger partial charge < -0.3 is 14.4 Å². The maximum absolute atomic E-state index is 12.9. The minimum atomic E-state index is -0.119. The van der Waals surface area contributed by atoms with E-state index < -0.39 is 0 Å². The number of allylic oxidation sites excluding steroid dienone is 2. The number of halogens is 1. The summed E-state index contributed by atoms with van der Waals surface area (Å²) in [5, 5.41) is 1.28. The Morgan fingerprint density at radius 1 is 1.52 bits per heavy atom. The van der Waals surface area contributed by atoms with Crippen LogP contribution in [0, 0.1) is 6.08 Å². The zero-order valence-corrected chi connectivity index (χ0v) is 14.8. The molecule has 0 bridgehead atoms. The Balaban J connectivity index is 1.88. The molecule has 1 amide bonds. The van der Waals surface area contributed by atoms with Crippen LogP contribution in [0.15, 0.2) is 40.3 Å². The van der Waals surface area contributed by atoms with Crippen LogP contribution in [-0.4, -0.2) is 30.6 Å². The van der Waals surface area contributed by atoms with Gasteiger partial charge in [-0.3, -0.25) is 4.79 Å². The number of amides is 1. The van der Waals surface area contributed by atoms with E-state index in [2.05, 4.69) is 6.08 Å². The molecule has 121 valence electrons. The largest absolute Gasteiger partial charge is 0.496 e. The van der Waals surface area contributed by atoms with Crippen LogP contribution in [-0.2, 0) is 4.74 Å². The topological polar surface area (TPSA) is 38.8 Å². The molecule has 0 saturated carbocycles. The molecule has 0 aromatic carbocycles. The smallest absolute Gasteiger partial charge is 0.268 e. The quantitative estimate of drug-likeness (QED) is 0.820. The van der Waals surface area contributed by atoms with Crippen molar-refractivity contribution in [1.82, 2.24) is 4.90 Å². The van der Waals surface area contributed by atoms with Crippen molar-refractivity contribution in [3.63, 3.8) is 0 Å². The second-order valence-electron chi connectivity index (χ2n) is 5.19. The first-order valence-corrected chi connectivity index (χ1v) is 8.57. The van der Waals surface area contributed by atoms with Gasteiger partial charge in [-0.15, -0.1) is 0 Å². The first-order chi connectivity index (χ1) is 11.1. The van der Waals surface area contributed by atoms with Crippen LogP contribution in [0.1, 0.15) is 29.9 Å². The number of nitrogens with zero attached hydrogens (tertiary/aromatic N) is 1.